The van der Waals surface area contributed by atoms with Crippen LogP contribution in [0.1, 0.15) is 25.0 Å². The molecule has 3 amide bonds. The second-order valence-electron chi connectivity index (χ2n) is 6.84. The average molecular weight is 407 g/mol. The van der Waals surface area contributed by atoms with Gasteiger partial charge in [0.2, 0.25) is 0 Å². The maximum atomic E-state index is 13.1. The second kappa shape index (κ2) is 7.89. The number of hydrogen-bond acceptors (Lipinski definition) is 2. The molecule has 27 heavy (non-hydrogen) atoms. The van der Waals surface area contributed by atoms with Gasteiger partial charge in [-0.3, -0.25) is 4.79 Å². The minimum absolute atomic E-state index is 0.289. The molecular weight excluding hydrogens is 385 g/mol. The van der Waals surface area contributed by atoms with E-state index in [1.54, 1.807) is 25.1 Å². The molecule has 2 aromatic rings. The molecule has 7 heteroatoms. The SMILES string of the molecule is CC[NH+](Cc1ccccc1)CN1C(=O)N[C@@](C)(c2ccc(Cl)cc2Cl)C1=O. The molecule has 2 N–H and O–H groups in total. The van der Waals surface area contributed by atoms with Crippen LogP contribution in [0.2, 0.25) is 10.0 Å². The van der Waals surface area contributed by atoms with Crippen LogP contribution < -0.4 is 10.2 Å². The van der Waals surface area contributed by atoms with Gasteiger partial charge in [-0.1, -0.05) is 59.6 Å². The van der Waals surface area contributed by atoms with Crippen LogP contribution in [0.5, 0.6) is 0 Å². The first-order valence-electron chi connectivity index (χ1n) is 8.82. The Morgan fingerprint density at radius 1 is 1.11 bits per heavy atom. The molecule has 0 bridgehead atoms. The molecule has 1 fully saturated rings. The number of hydrogen-bond donors (Lipinski definition) is 2. The van der Waals surface area contributed by atoms with Gasteiger partial charge >= 0.3 is 6.03 Å². The van der Waals surface area contributed by atoms with Crippen molar-refractivity contribution >= 4 is 35.1 Å². The van der Waals surface area contributed by atoms with Crippen molar-refractivity contribution < 1.29 is 14.5 Å². The van der Waals surface area contributed by atoms with E-state index in [1.807, 2.05) is 37.3 Å². The van der Waals surface area contributed by atoms with Gasteiger partial charge in [-0.15, -0.1) is 0 Å². The molecule has 0 saturated carbocycles. The summed E-state index contributed by atoms with van der Waals surface area (Å²) in [6.07, 6.45) is 0. The summed E-state index contributed by atoms with van der Waals surface area (Å²) in [7, 11) is 0. The Bertz CT molecular complexity index is 860. The standard InChI is InChI=1S/C20H21Cl2N3O2/c1-3-24(12-14-7-5-4-6-8-14)13-25-18(26)20(2,23-19(25)27)16-10-9-15(21)11-17(16)22/h4-11H,3,12-13H2,1-2H3,(H,23,27)/p+1/t20-/m0/s1. The molecule has 0 spiro atoms. The molecule has 0 aromatic heterocycles. The fourth-order valence-electron chi connectivity index (χ4n) is 3.32. The summed E-state index contributed by atoms with van der Waals surface area (Å²) in [5, 5.41) is 3.63. The number of urea groups is 1. The molecule has 1 saturated heterocycles. The first kappa shape index (κ1) is 19.7. The van der Waals surface area contributed by atoms with Gasteiger partial charge in [0.05, 0.1) is 6.54 Å². The topological polar surface area (TPSA) is 53.9 Å². The Hall–Kier alpha value is -2.08. The highest BCUT2D eigenvalue weighted by Crippen LogP contribution is 2.34. The number of nitrogens with zero attached hydrogens (tertiary/aromatic N) is 1. The summed E-state index contributed by atoms with van der Waals surface area (Å²) in [4.78, 5) is 28.1. The van der Waals surface area contributed by atoms with Crippen LogP contribution in [0, 0.1) is 0 Å². The van der Waals surface area contributed by atoms with E-state index in [9.17, 15) is 9.59 Å². The fourth-order valence-corrected chi connectivity index (χ4v) is 3.92. The summed E-state index contributed by atoms with van der Waals surface area (Å²) in [6.45, 7) is 5.51. The molecule has 1 aliphatic heterocycles. The fraction of sp³-hybridized carbons (Fsp3) is 0.300. The summed E-state index contributed by atoms with van der Waals surface area (Å²) in [6, 6.07) is 14.5. The van der Waals surface area contributed by atoms with Gasteiger partial charge < -0.3 is 10.2 Å². The van der Waals surface area contributed by atoms with Crippen molar-refractivity contribution in [3.05, 3.63) is 69.7 Å². The quantitative estimate of drug-likeness (QED) is 0.724. The molecule has 142 valence electrons. The molecule has 0 aliphatic carbocycles. The Balaban J connectivity index is 1.81. The largest absolute Gasteiger partial charge is 0.329 e. The highest BCUT2D eigenvalue weighted by Gasteiger charge is 2.51. The predicted molar refractivity (Wildman–Crippen MR) is 106 cm³/mol. The normalized spacial score (nSPS) is 20.7. The van der Waals surface area contributed by atoms with Crippen LogP contribution in [0.3, 0.4) is 0 Å². The van der Waals surface area contributed by atoms with Crippen molar-refractivity contribution in [1.29, 1.82) is 0 Å². The molecule has 3 rings (SSSR count). The monoisotopic (exact) mass is 406 g/mol. The number of amides is 3. The van der Waals surface area contributed by atoms with Crippen molar-refractivity contribution in [2.45, 2.75) is 25.9 Å². The Kier molecular flexibility index (Phi) is 5.75. The molecule has 0 radical (unpaired) electrons. The number of benzene rings is 2. The van der Waals surface area contributed by atoms with E-state index < -0.39 is 11.6 Å². The van der Waals surface area contributed by atoms with Gasteiger partial charge in [-0.05, 0) is 26.0 Å². The minimum Gasteiger partial charge on any atom is -0.319 e. The van der Waals surface area contributed by atoms with Gasteiger partial charge in [0.1, 0.15) is 12.1 Å². The van der Waals surface area contributed by atoms with Crippen molar-refractivity contribution in [3.8, 4) is 0 Å². The number of quaternary nitrogens is 1. The van der Waals surface area contributed by atoms with Crippen LogP contribution in [0.4, 0.5) is 4.79 Å². The molecule has 5 nitrogen and oxygen atoms in total. The summed E-state index contributed by atoms with van der Waals surface area (Å²) < 4.78 is 0. The zero-order valence-electron chi connectivity index (χ0n) is 15.3. The summed E-state index contributed by atoms with van der Waals surface area (Å²) in [5.41, 5.74) is 0.491. The lowest BCUT2D eigenvalue weighted by Crippen LogP contribution is -3.12. The van der Waals surface area contributed by atoms with E-state index in [0.717, 1.165) is 23.6 Å². The highest BCUT2D eigenvalue weighted by atomic mass is 35.5. The van der Waals surface area contributed by atoms with E-state index in [-0.39, 0.29) is 12.6 Å². The van der Waals surface area contributed by atoms with E-state index in [2.05, 4.69) is 5.32 Å². The van der Waals surface area contributed by atoms with Gasteiger partial charge in [0.25, 0.3) is 5.91 Å². The van der Waals surface area contributed by atoms with Crippen LogP contribution in [-0.4, -0.2) is 30.1 Å². The van der Waals surface area contributed by atoms with Crippen molar-refractivity contribution in [1.82, 2.24) is 10.2 Å². The Morgan fingerprint density at radius 3 is 2.44 bits per heavy atom. The minimum atomic E-state index is -1.20. The third kappa shape index (κ3) is 3.95. The van der Waals surface area contributed by atoms with Crippen molar-refractivity contribution in [2.75, 3.05) is 13.2 Å². The molecular formula is C20H22Cl2N3O2+. The number of rotatable bonds is 6. The van der Waals surface area contributed by atoms with Gasteiger partial charge in [-0.2, -0.15) is 0 Å². The second-order valence-corrected chi connectivity index (χ2v) is 7.68. The van der Waals surface area contributed by atoms with E-state index in [0.29, 0.717) is 15.6 Å². The van der Waals surface area contributed by atoms with Crippen LogP contribution in [-0.2, 0) is 16.9 Å². The maximum Gasteiger partial charge on any atom is 0.329 e. The van der Waals surface area contributed by atoms with Crippen molar-refractivity contribution in [2.24, 2.45) is 0 Å². The van der Waals surface area contributed by atoms with Gasteiger partial charge in [0.15, 0.2) is 6.67 Å². The molecule has 1 heterocycles. The summed E-state index contributed by atoms with van der Waals surface area (Å²) in [5.74, 6) is -0.310. The Labute approximate surface area is 168 Å². The first-order chi connectivity index (χ1) is 12.8. The van der Waals surface area contributed by atoms with E-state index in [4.69, 9.17) is 23.2 Å². The molecule has 2 atom stereocenters. The number of carbonyl (C=O) groups is 2. The zero-order chi connectivity index (χ0) is 19.6. The molecule has 1 aliphatic rings. The van der Waals surface area contributed by atoms with E-state index >= 15 is 0 Å². The first-order valence-corrected chi connectivity index (χ1v) is 9.58. The van der Waals surface area contributed by atoms with Crippen LogP contribution >= 0.6 is 23.2 Å². The zero-order valence-corrected chi connectivity index (χ0v) is 16.8. The van der Waals surface area contributed by atoms with Crippen LogP contribution in [0.25, 0.3) is 0 Å². The summed E-state index contributed by atoms with van der Waals surface area (Å²) >= 11 is 12.2. The number of nitrogens with one attached hydrogen (secondary N) is 2. The number of halogens is 2. The maximum absolute atomic E-state index is 13.1. The smallest absolute Gasteiger partial charge is 0.319 e. The highest BCUT2D eigenvalue weighted by molar-refractivity contribution is 6.35. The predicted octanol–water partition coefficient (Wildman–Crippen LogP) is 2.82. The third-order valence-electron chi connectivity index (χ3n) is 4.92. The number of imide groups is 1. The Morgan fingerprint density at radius 2 is 1.81 bits per heavy atom. The third-order valence-corrected chi connectivity index (χ3v) is 5.47. The molecule has 2 aromatic carbocycles. The average Bonchev–Trinajstić information content (AvgIpc) is 2.85. The van der Waals surface area contributed by atoms with Gasteiger partial charge in [-0.25, -0.2) is 9.69 Å². The molecule has 1 unspecified atom stereocenters. The lowest BCUT2D eigenvalue weighted by atomic mass is 9.92. The lowest BCUT2D eigenvalue weighted by molar-refractivity contribution is -0.919. The van der Waals surface area contributed by atoms with Crippen molar-refractivity contribution in [3.63, 3.8) is 0 Å². The van der Waals surface area contributed by atoms with Crippen LogP contribution in [0.15, 0.2) is 48.5 Å². The van der Waals surface area contributed by atoms with Gasteiger partial charge in [0, 0.05) is 21.2 Å². The number of carbonyl (C=O) groups excluding carboxylic acids is 2. The lowest BCUT2D eigenvalue weighted by Gasteiger charge is -2.25. The van der Waals surface area contributed by atoms with E-state index in [1.165, 1.54) is 4.90 Å².